The van der Waals surface area contributed by atoms with E-state index in [0.717, 1.165) is 44.8 Å². The lowest BCUT2D eigenvalue weighted by atomic mass is 9.73. The molecule has 1 atom stereocenters. The van der Waals surface area contributed by atoms with Gasteiger partial charge in [0.2, 0.25) is 0 Å². The van der Waals surface area contributed by atoms with E-state index in [4.69, 9.17) is 14.2 Å². The summed E-state index contributed by atoms with van der Waals surface area (Å²) in [7, 11) is 1.71. The van der Waals surface area contributed by atoms with Crippen LogP contribution in [0.15, 0.2) is 66.9 Å². The molecule has 0 saturated carbocycles. The Morgan fingerprint density at radius 1 is 1.05 bits per heavy atom. The summed E-state index contributed by atoms with van der Waals surface area (Å²) >= 11 is 0. The second-order valence-electron chi connectivity index (χ2n) is 10.1. The van der Waals surface area contributed by atoms with Gasteiger partial charge in [0.1, 0.15) is 35.6 Å². The number of anilines is 2. The molecule has 6 rings (SSSR count). The van der Waals surface area contributed by atoms with Gasteiger partial charge in [-0.1, -0.05) is 18.2 Å². The van der Waals surface area contributed by atoms with Gasteiger partial charge >= 0.3 is 0 Å². The summed E-state index contributed by atoms with van der Waals surface area (Å²) in [4.78, 5) is 34.4. The van der Waals surface area contributed by atoms with Crippen molar-refractivity contribution in [3.8, 4) is 17.2 Å². The van der Waals surface area contributed by atoms with Crippen LogP contribution in [0.3, 0.4) is 0 Å². The molecule has 1 aromatic heterocycles. The molecule has 9 heteroatoms. The molecule has 3 aliphatic rings. The first kappa shape index (κ1) is 24.2. The summed E-state index contributed by atoms with van der Waals surface area (Å²) in [5.74, 6) is 1.00. The van der Waals surface area contributed by atoms with Crippen molar-refractivity contribution in [2.24, 2.45) is 5.41 Å². The van der Waals surface area contributed by atoms with Crippen molar-refractivity contribution in [2.45, 2.75) is 18.9 Å². The third kappa shape index (κ3) is 4.77. The van der Waals surface area contributed by atoms with Gasteiger partial charge in [-0.15, -0.1) is 0 Å². The third-order valence-corrected chi connectivity index (χ3v) is 7.56. The first-order valence-electron chi connectivity index (χ1n) is 12.9. The molecule has 0 aliphatic carbocycles. The molecule has 2 fully saturated rings. The van der Waals surface area contributed by atoms with E-state index in [0.29, 0.717) is 28.4 Å². The van der Waals surface area contributed by atoms with E-state index in [1.165, 1.54) is 6.20 Å². The molecule has 3 aromatic rings. The number of likely N-dealkylation sites (N-methyl/N-ethyl adjacent to an activating group) is 1. The van der Waals surface area contributed by atoms with Crippen molar-refractivity contribution in [3.05, 3.63) is 72.6 Å². The number of rotatable bonds is 5. The zero-order chi connectivity index (χ0) is 26.1. The topological polar surface area (TPSA) is 93.2 Å². The number of fused-ring (bicyclic) bond motifs is 1. The van der Waals surface area contributed by atoms with Crippen molar-refractivity contribution in [3.63, 3.8) is 0 Å². The lowest BCUT2D eigenvalue weighted by molar-refractivity contribution is -0.120. The Labute approximate surface area is 221 Å². The summed E-state index contributed by atoms with van der Waals surface area (Å²) in [5, 5.41) is 2.78. The van der Waals surface area contributed by atoms with Crippen molar-refractivity contribution in [2.75, 3.05) is 49.8 Å². The van der Waals surface area contributed by atoms with Crippen LogP contribution in [-0.4, -0.2) is 62.8 Å². The van der Waals surface area contributed by atoms with Crippen molar-refractivity contribution in [1.29, 1.82) is 0 Å². The van der Waals surface area contributed by atoms with Crippen molar-refractivity contribution < 1.29 is 23.8 Å². The minimum atomic E-state index is -0.863. The molecule has 9 nitrogen and oxygen atoms in total. The van der Waals surface area contributed by atoms with Crippen LogP contribution >= 0.6 is 0 Å². The lowest BCUT2D eigenvalue weighted by Crippen LogP contribution is -2.58. The van der Waals surface area contributed by atoms with E-state index in [1.54, 1.807) is 24.1 Å². The molecule has 3 aliphatic heterocycles. The van der Waals surface area contributed by atoms with Crippen LogP contribution in [0.1, 0.15) is 23.3 Å². The Kier molecular flexibility index (Phi) is 6.37. The number of nitrogens with one attached hydrogen (secondary N) is 1. The van der Waals surface area contributed by atoms with Crippen LogP contribution in [0.4, 0.5) is 11.4 Å². The second kappa shape index (κ2) is 9.98. The number of ether oxygens (including phenoxy) is 3. The minimum absolute atomic E-state index is 0.0221. The zero-order valence-corrected chi connectivity index (χ0v) is 21.3. The Morgan fingerprint density at radius 2 is 1.84 bits per heavy atom. The largest absolute Gasteiger partial charge is 0.489 e. The fraction of sp³-hybridized carbons (Fsp3) is 0.345. The van der Waals surface area contributed by atoms with E-state index >= 15 is 0 Å². The van der Waals surface area contributed by atoms with Crippen LogP contribution in [0.2, 0.25) is 0 Å². The van der Waals surface area contributed by atoms with E-state index < -0.39 is 11.9 Å². The maximum Gasteiger partial charge on any atom is 0.270 e. The molecule has 1 N–H and O–H groups in total. The van der Waals surface area contributed by atoms with Gasteiger partial charge in [-0.25, -0.2) is 0 Å². The van der Waals surface area contributed by atoms with Gasteiger partial charge in [-0.2, -0.15) is 0 Å². The minimum Gasteiger partial charge on any atom is -0.489 e. The number of para-hydroxylation sites is 1. The van der Waals surface area contributed by atoms with E-state index in [2.05, 4.69) is 15.2 Å². The van der Waals surface area contributed by atoms with Gasteiger partial charge in [-0.3, -0.25) is 14.6 Å². The summed E-state index contributed by atoms with van der Waals surface area (Å²) in [5.41, 5.74) is 2.24. The van der Waals surface area contributed by atoms with Crippen LogP contribution < -0.4 is 24.6 Å². The van der Waals surface area contributed by atoms with Crippen molar-refractivity contribution >= 4 is 23.2 Å². The molecule has 2 saturated heterocycles. The monoisotopic (exact) mass is 514 g/mol. The highest BCUT2D eigenvalue weighted by Crippen LogP contribution is 2.44. The number of hydrogen-bond acceptors (Lipinski definition) is 7. The standard InChI is InChI=1S/C29H30N4O5/c1-32-25-15-20(33-18-29(19-33)10-13-36-14-11-29)7-8-26(25)37-17-24(28(32)35)31-27(34)23-16-22(9-12-30-23)38-21-5-3-2-4-6-21/h2-9,12,15-16,24H,10-11,13-14,17-19H2,1H3,(H,31,34)/t24-/m1/s1. The van der Waals surface area contributed by atoms with E-state index in [9.17, 15) is 9.59 Å². The summed E-state index contributed by atoms with van der Waals surface area (Å²) in [6.07, 6.45) is 3.68. The molecular weight excluding hydrogens is 484 g/mol. The van der Waals surface area contributed by atoms with Gasteiger partial charge in [-0.05, 0) is 49.2 Å². The Balaban J connectivity index is 1.13. The van der Waals surface area contributed by atoms with E-state index in [1.807, 2.05) is 48.5 Å². The molecule has 1 spiro atoms. The van der Waals surface area contributed by atoms with Crippen LogP contribution in [0.25, 0.3) is 0 Å². The average molecular weight is 515 g/mol. The number of carbonyl (C=O) groups excluding carboxylic acids is 2. The van der Waals surface area contributed by atoms with Crippen LogP contribution in [-0.2, 0) is 9.53 Å². The maximum absolute atomic E-state index is 13.3. The van der Waals surface area contributed by atoms with Gasteiger partial charge in [0, 0.05) is 56.7 Å². The number of pyridine rings is 1. The number of nitrogens with zero attached hydrogens (tertiary/aromatic N) is 3. The van der Waals surface area contributed by atoms with Crippen LogP contribution in [0.5, 0.6) is 17.2 Å². The highest BCUT2D eigenvalue weighted by molar-refractivity contribution is 6.03. The first-order chi connectivity index (χ1) is 18.5. The average Bonchev–Trinajstić information content (AvgIpc) is 3.04. The summed E-state index contributed by atoms with van der Waals surface area (Å²) in [6.45, 7) is 3.67. The normalized spacial score (nSPS) is 20.1. The smallest absolute Gasteiger partial charge is 0.270 e. The molecule has 4 heterocycles. The molecule has 2 aromatic carbocycles. The molecule has 0 unspecified atom stereocenters. The molecule has 0 bridgehead atoms. The highest BCUT2D eigenvalue weighted by atomic mass is 16.5. The lowest BCUT2D eigenvalue weighted by Gasteiger charge is -2.53. The SMILES string of the molecule is CN1C(=O)[C@H](NC(=O)c2cc(Oc3ccccc3)ccn2)COc2ccc(N3CC4(CCOCC4)C3)cc21. The number of benzene rings is 2. The Bertz CT molecular complexity index is 1330. The van der Waals surface area contributed by atoms with Crippen molar-refractivity contribution in [1.82, 2.24) is 10.3 Å². The molecule has 38 heavy (non-hydrogen) atoms. The fourth-order valence-corrected chi connectivity index (χ4v) is 5.31. The number of aromatic nitrogens is 1. The predicted molar refractivity (Wildman–Crippen MR) is 142 cm³/mol. The molecule has 196 valence electrons. The van der Waals surface area contributed by atoms with E-state index in [-0.39, 0.29) is 18.2 Å². The summed E-state index contributed by atoms with van der Waals surface area (Å²) in [6, 6.07) is 17.6. The van der Waals surface area contributed by atoms with Gasteiger partial charge in [0.25, 0.3) is 11.8 Å². The number of hydrogen-bond donors (Lipinski definition) is 1. The molecule has 2 amide bonds. The van der Waals surface area contributed by atoms with Gasteiger partial charge in [0.05, 0.1) is 5.69 Å². The second-order valence-corrected chi connectivity index (χ2v) is 10.1. The van der Waals surface area contributed by atoms with Gasteiger partial charge in [0.15, 0.2) is 0 Å². The Hall–Kier alpha value is -4.11. The quantitative estimate of drug-likeness (QED) is 0.556. The third-order valence-electron chi connectivity index (χ3n) is 7.56. The predicted octanol–water partition coefficient (Wildman–Crippen LogP) is 3.64. The fourth-order valence-electron chi connectivity index (χ4n) is 5.31. The maximum atomic E-state index is 13.3. The van der Waals surface area contributed by atoms with Crippen LogP contribution in [0, 0.1) is 5.41 Å². The zero-order valence-electron chi connectivity index (χ0n) is 21.3. The number of carbonyl (C=O) groups is 2. The Morgan fingerprint density at radius 3 is 2.63 bits per heavy atom. The summed E-state index contributed by atoms with van der Waals surface area (Å²) < 4.78 is 17.3. The first-order valence-corrected chi connectivity index (χ1v) is 12.9. The highest BCUT2D eigenvalue weighted by Gasteiger charge is 2.44. The molecular formula is C29H30N4O5. The van der Waals surface area contributed by atoms with Gasteiger partial charge < -0.3 is 29.3 Å². The molecule has 0 radical (unpaired) electrons. The number of amides is 2.